The molecule has 0 heterocycles. The van der Waals surface area contributed by atoms with Crippen molar-refractivity contribution in [2.75, 3.05) is 0 Å². The molecule has 0 unspecified atom stereocenters. The van der Waals surface area contributed by atoms with Crippen LogP contribution >= 0.6 is 0 Å². The van der Waals surface area contributed by atoms with Gasteiger partial charge in [0.25, 0.3) is 0 Å². The van der Waals surface area contributed by atoms with Gasteiger partial charge in [-0.25, -0.2) is 0 Å². The molecule has 0 saturated carbocycles. The maximum Gasteiger partial charge on any atom is -0.0283 e. The van der Waals surface area contributed by atoms with Crippen molar-refractivity contribution in [1.29, 1.82) is 0 Å². The van der Waals surface area contributed by atoms with Gasteiger partial charge in [0.05, 0.1) is 0 Å². The lowest BCUT2D eigenvalue weighted by atomic mass is 10.0. The van der Waals surface area contributed by atoms with Gasteiger partial charge in [-0.3, -0.25) is 0 Å². The Kier molecular flexibility index (Phi) is 9.73. The van der Waals surface area contributed by atoms with Crippen LogP contribution in [0, 0.1) is 0 Å². The Morgan fingerprint density at radius 2 is 1.50 bits per heavy atom. The van der Waals surface area contributed by atoms with E-state index in [1.54, 1.807) is 22.3 Å². The highest BCUT2D eigenvalue weighted by molar-refractivity contribution is 5.11. The summed E-state index contributed by atoms with van der Waals surface area (Å²) in [6.07, 6.45) is 12.0. The van der Waals surface area contributed by atoms with E-state index in [0.29, 0.717) is 0 Å². The first kappa shape index (κ1) is 17.2. The summed E-state index contributed by atoms with van der Waals surface area (Å²) < 4.78 is 0. The molecule has 0 aliphatic rings. The van der Waals surface area contributed by atoms with Crippen molar-refractivity contribution in [3.05, 3.63) is 34.4 Å². The summed E-state index contributed by atoms with van der Waals surface area (Å²) in [6.45, 7) is 13.4. The van der Waals surface area contributed by atoms with E-state index in [9.17, 15) is 0 Å². The summed E-state index contributed by atoms with van der Waals surface area (Å²) in [6, 6.07) is 0. The van der Waals surface area contributed by atoms with E-state index < -0.39 is 0 Å². The van der Waals surface area contributed by atoms with Crippen LogP contribution < -0.4 is 0 Å². The first-order valence-corrected chi connectivity index (χ1v) is 7.49. The van der Waals surface area contributed by atoms with Crippen LogP contribution in [-0.4, -0.2) is 0 Å². The molecule has 0 aliphatic heterocycles. The maximum atomic E-state index is 2.43. The molecule has 0 aromatic carbocycles. The Labute approximate surface area is 115 Å². The minimum absolute atomic E-state index is 1.19. The molecule has 0 aromatic heterocycles. The summed E-state index contributed by atoms with van der Waals surface area (Å²) in [4.78, 5) is 0. The van der Waals surface area contributed by atoms with Crippen molar-refractivity contribution >= 4 is 0 Å². The van der Waals surface area contributed by atoms with Crippen molar-refractivity contribution in [3.63, 3.8) is 0 Å². The fourth-order valence-electron chi connectivity index (χ4n) is 2.04. The zero-order valence-corrected chi connectivity index (χ0v) is 13.4. The molecular weight excluding hydrogens is 216 g/mol. The zero-order chi connectivity index (χ0) is 14.0. The van der Waals surface area contributed by atoms with E-state index >= 15 is 0 Å². The third kappa shape index (κ3) is 7.53. The van der Waals surface area contributed by atoms with Crippen molar-refractivity contribution in [3.8, 4) is 0 Å². The largest absolute Gasteiger partial charge is 0.0885 e. The zero-order valence-electron chi connectivity index (χ0n) is 13.4. The molecule has 0 radical (unpaired) electrons. The summed E-state index contributed by atoms with van der Waals surface area (Å²) >= 11 is 0. The Morgan fingerprint density at radius 3 is 2.00 bits per heavy atom. The predicted molar refractivity (Wildman–Crippen MR) is 84.9 cm³/mol. The molecule has 0 aromatic rings. The van der Waals surface area contributed by atoms with Crippen LogP contribution in [0.25, 0.3) is 0 Å². The SMILES string of the molecule is CC=C(CC)CCC(C)=CCCC(C)=C(C)CC. The van der Waals surface area contributed by atoms with Gasteiger partial charge in [0.2, 0.25) is 0 Å². The van der Waals surface area contributed by atoms with Crippen LogP contribution in [0.5, 0.6) is 0 Å². The molecule has 0 heteroatoms. The average molecular weight is 248 g/mol. The molecule has 0 bridgehead atoms. The van der Waals surface area contributed by atoms with Gasteiger partial charge in [-0.2, -0.15) is 0 Å². The Morgan fingerprint density at radius 1 is 0.833 bits per heavy atom. The molecule has 0 nitrogen and oxygen atoms in total. The second-order valence-corrected chi connectivity index (χ2v) is 5.30. The van der Waals surface area contributed by atoms with Crippen molar-refractivity contribution < 1.29 is 0 Å². The van der Waals surface area contributed by atoms with E-state index in [0.717, 1.165) is 0 Å². The lowest BCUT2D eigenvalue weighted by molar-refractivity contribution is 0.854. The van der Waals surface area contributed by atoms with Crippen LogP contribution in [0.4, 0.5) is 0 Å². The van der Waals surface area contributed by atoms with Crippen molar-refractivity contribution in [2.24, 2.45) is 0 Å². The fraction of sp³-hybridized carbons (Fsp3) is 0.667. The highest BCUT2D eigenvalue weighted by Crippen LogP contribution is 2.17. The van der Waals surface area contributed by atoms with E-state index in [4.69, 9.17) is 0 Å². The molecule has 0 aliphatic carbocycles. The van der Waals surface area contributed by atoms with Crippen LogP contribution in [0.1, 0.15) is 80.1 Å². The lowest BCUT2D eigenvalue weighted by Gasteiger charge is -2.06. The minimum Gasteiger partial charge on any atom is -0.0885 e. The molecular formula is C18H32. The Bertz CT molecular complexity index is 313. The standard InChI is InChI=1S/C18H32/c1-7-16(5)17(6)12-10-11-15(4)13-14-18(8-2)9-3/h8,11H,7,9-10,12-14H2,1-6H3. The van der Waals surface area contributed by atoms with Crippen LogP contribution in [0.3, 0.4) is 0 Å². The van der Waals surface area contributed by atoms with Crippen molar-refractivity contribution in [2.45, 2.75) is 80.1 Å². The van der Waals surface area contributed by atoms with Crippen molar-refractivity contribution in [1.82, 2.24) is 0 Å². The third-order valence-corrected chi connectivity index (χ3v) is 3.97. The van der Waals surface area contributed by atoms with Crippen LogP contribution in [0.15, 0.2) is 34.4 Å². The minimum atomic E-state index is 1.19. The molecule has 104 valence electrons. The molecule has 0 fully saturated rings. The number of hydrogen-bond donors (Lipinski definition) is 0. The maximum absolute atomic E-state index is 2.43. The fourth-order valence-corrected chi connectivity index (χ4v) is 2.04. The molecule has 0 atom stereocenters. The van der Waals surface area contributed by atoms with Gasteiger partial charge in [-0.15, -0.1) is 0 Å². The van der Waals surface area contributed by atoms with Gasteiger partial charge in [0, 0.05) is 0 Å². The third-order valence-electron chi connectivity index (χ3n) is 3.97. The Hall–Kier alpha value is -0.780. The second kappa shape index (κ2) is 10.2. The van der Waals surface area contributed by atoms with Crippen LogP contribution in [-0.2, 0) is 0 Å². The highest BCUT2D eigenvalue weighted by atomic mass is 14.0. The first-order valence-electron chi connectivity index (χ1n) is 7.49. The second-order valence-electron chi connectivity index (χ2n) is 5.30. The van der Waals surface area contributed by atoms with Gasteiger partial charge in [-0.05, 0) is 66.2 Å². The van der Waals surface area contributed by atoms with Gasteiger partial charge in [0.1, 0.15) is 0 Å². The summed E-state index contributed by atoms with van der Waals surface area (Å²) in [7, 11) is 0. The predicted octanol–water partition coefficient (Wildman–Crippen LogP) is 6.60. The van der Waals surface area contributed by atoms with E-state index in [-0.39, 0.29) is 0 Å². The summed E-state index contributed by atoms with van der Waals surface area (Å²) in [5, 5.41) is 0. The molecule has 18 heavy (non-hydrogen) atoms. The summed E-state index contributed by atoms with van der Waals surface area (Å²) in [5.41, 5.74) is 6.26. The first-order chi connectivity index (χ1) is 8.54. The molecule has 0 N–H and O–H groups in total. The Balaban J connectivity index is 4.06. The molecule has 0 amide bonds. The van der Waals surface area contributed by atoms with Crippen LogP contribution in [0.2, 0.25) is 0 Å². The molecule has 0 saturated heterocycles. The summed E-state index contributed by atoms with van der Waals surface area (Å²) in [5.74, 6) is 0. The number of allylic oxidation sites excluding steroid dienone is 6. The lowest BCUT2D eigenvalue weighted by Crippen LogP contribution is -1.86. The average Bonchev–Trinajstić information content (AvgIpc) is 2.38. The van der Waals surface area contributed by atoms with E-state index in [1.165, 1.54) is 38.5 Å². The molecule has 0 spiro atoms. The highest BCUT2D eigenvalue weighted by Gasteiger charge is 1.97. The number of rotatable bonds is 8. The van der Waals surface area contributed by atoms with Gasteiger partial charge < -0.3 is 0 Å². The smallest absolute Gasteiger partial charge is 0.0283 e. The van der Waals surface area contributed by atoms with Gasteiger partial charge in [0.15, 0.2) is 0 Å². The topological polar surface area (TPSA) is 0 Å². The van der Waals surface area contributed by atoms with E-state index in [2.05, 4.69) is 53.7 Å². The van der Waals surface area contributed by atoms with Gasteiger partial charge in [-0.1, -0.05) is 48.3 Å². The number of hydrogen-bond acceptors (Lipinski definition) is 0. The monoisotopic (exact) mass is 248 g/mol. The normalized spacial score (nSPS) is 14.8. The van der Waals surface area contributed by atoms with E-state index in [1.807, 2.05) is 0 Å². The van der Waals surface area contributed by atoms with Gasteiger partial charge >= 0.3 is 0 Å². The quantitative estimate of drug-likeness (QED) is 0.425. The molecule has 0 rings (SSSR count).